The van der Waals surface area contributed by atoms with Crippen molar-refractivity contribution in [2.24, 2.45) is 0 Å². The van der Waals surface area contributed by atoms with Crippen LogP contribution in [0.4, 0.5) is 17.6 Å². The van der Waals surface area contributed by atoms with E-state index in [2.05, 4.69) is 25.3 Å². The van der Waals surface area contributed by atoms with Crippen molar-refractivity contribution in [1.82, 2.24) is 24.3 Å². The molecule has 1 aromatic carbocycles. The Morgan fingerprint density at radius 3 is 2.69 bits per heavy atom. The topological polar surface area (TPSA) is 120 Å². The van der Waals surface area contributed by atoms with Crippen LogP contribution < -0.4 is 11.1 Å². The molecule has 0 bridgehead atoms. The Morgan fingerprint density at radius 2 is 1.90 bits per heavy atom. The second-order valence-corrected chi connectivity index (χ2v) is 6.47. The molecule has 0 amide bonds. The van der Waals surface area contributed by atoms with Gasteiger partial charge in [0.05, 0.1) is 0 Å². The van der Waals surface area contributed by atoms with E-state index in [1.165, 1.54) is 0 Å². The van der Waals surface area contributed by atoms with Gasteiger partial charge >= 0.3 is 5.97 Å². The molecule has 3 N–H and O–H groups in total. The van der Waals surface area contributed by atoms with Crippen molar-refractivity contribution in [3.63, 3.8) is 0 Å². The predicted molar refractivity (Wildman–Crippen MR) is 108 cm³/mol. The lowest BCUT2D eigenvalue weighted by Gasteiger charge is -2.09. The molecule has 0 saturated carbocycles. The van der Waals surface area contributed by atoms with Crippen LogP contribution in [-0.4, -0.2) is 30.3 Å². The average Bonchev–Trinajstić information content (AvgIpc) is 3.13. The lowest BCUT2D eigenvalue weighted by Crippen LogP contribution is -2.11. The number of hydrogen-bond donors (Lipinski definition) is 2. The number of aromatic nitrogens is 5. The highest BCUT2D eigenvalue weighted by atomic mass is 16.5. The number of carbonyl (C=O) groups excluding carboxylic acids is 1. The Morgan fingerprint density at radius 1 is 1.07 bits per heavy atom. The molecular weight excluding hydrogens is 370 g/mol. The highest BCUT2D eigenvalue weighted by molar-refractivity contribution is 5.88. The Bertz CT molecular complexity index is 1200. The van der Waals surface area contributed by atoms with Crippen molar-refractivity contribution in [2.45, 2.75) is 20.5 Å². The highest BCUT2D eigenvalue weighted by Gasteiger charge is 2.15. The molecule has 0 aliphatic carbocycles. The van der Waals surface area contributed by atoms with Gasteiger partial charge in [0.1, 0.15) is 5.65 Å². The average molecular weight is 389 g/mol. The molecule has 9 heteroatoms. The Kier molecular flexibility index (Phi) is 4.78. The zero-order chi connectivity index (χ0) is 20.4. The smallest absolute Gasteiger partial charge is 0.359 e. The van der Waals surface area contributed by atoms with Crippen LogP contribution in [0.1, 0.15) is 27.6 Å². The Balaban J connectivity index is 1.49. The number of para-hydroxylation sites is 1. The zero-order valence-corrected chi connectivity index (χ0v) is 16.0. The fraction of sp³-hybridized carbons (Fsp3) is 0.150. The van der Waals surface area contributed by atoms with E-state index in [0.29, 0.717) is 5.65 Å². The monoisotopic (exact) mass is 389 g/mol. The molecule has 0 aliphatic heterocycles. The molecule has 9 nitrogen and oxygen atoms in total. The van der Waals surface area contributed by atoms with Gasteiger partial charge in [-0.1, -0.05) is 24.3 Å². The van der Waals surface area contributed by atoms with Crippen LogP contribution in [0.3, 0.4) is 0 Å². The normalized spacial score (nSPS) is 10.8. The first-order chi connectivity index (χ1) is 14.0. The third-order valence-electron chi connectivity index (χ3n) is 4.33. The van der Waals surface area contributed by atoms with E-state index in [0.717, 1.165) is 16.9 Å². The van der Waals surface area contributed by atoms with Crippen LogP contribution in [-0.2, 0) is 11.3 Å². The van der Waals surface area contributed by atoms with Gasteiger partial charge in [0.15, 0.2) is 18.1 Å². The first-order valence-electron chi connectivity index (χ1n) is 8.94. The minimum absolute atomic E-state index is 0.0329. The molecule has 0 fully saturated rings. The summed E-state index contributed by atoms with van der Waals surface area (Å²) in [6.07, 6.45) is 1.64. The van der Waals surface area contributed by atoms with Gasteiger partial charge < -0.3 is 20.2 Å². The van der Waals surface area contributed by atoms with Crippen LogP contribution in [0.5, 0.6) is 0 Å². The van der Waals surface area contributed by atoms with Gasteiger partial charge in [-0.15, -0.1) is 0 Å². The number of fused-ring (bicyclic) bond motifs is 1. The van der Waals surface area contributed by atoms with E-state index >= 15 is 0 Å². The number of anilines is 3. The number of aryl methyl sites for hydroxylation is 2. The maximum atomic E-state index is 12.4. The SMILES string of the molecule is Cc1ccccc1Nc1nc(N)nc(COC(=O)c2cn3c(C)cccc3n2)n1. The van der Waals surface area contributed by atoms with E-state index in [1.54, 1.807) is 6.20 Å². The summed E-state index contributed by atoms with van der Waals surface area (Å²) in [5.41, 5.74) is 9.50. The zero-order valence-electron chi connectivity index (χ0n) is 16.0. The quantitative estimate of drug-likeness (QED) is 0.500. The molecule has 0 atom stereocenters. The third-order valence-corrected chi connectivity index (χ3v) is 4.33. The molecule has 4 rings (SSSR count). The molecule has 3 aromatic heterocycles. The molecule has 3 heterocycles. The largest absolute Gasteiger partial charge is 0.453 e. The number of nitrogen functional groups attached to an aromatic ring is 1. The second-order valence-electron chi connectivity index (χ2n) is 6.47. The molecule has 0 saturated heterocycles. The number of carbonyl (C=O) groups is 1. The fourth-order valence-corrected chi connectivity index (χ4v) is 2.84. The summed E-state index contributed by atoms with van der Waals surface area (Å²) in [5.74, 6) is -0.0194. The van der Waals surface area contributed by atoms with Crippen LogP contribution in [0.15, 0.2) is 48.7 Å². The Labute approximate surface area is 166 Å². The van der Waals surface area contributed by atoms with Gasteiger partial charge in [0.25, 0.3) is 0 Å². The Hall–Kier alpha value is -4.01. The van der Waals surface area contributed by atoms with Crippen LogP contribution in [0.25, 0.3) is 5.65 Å². The van der Waals surface area contributed by atoms with Crippen molar-refractivity contribution in [3.05, 3.63) is 71.4 Å². The fourth-order valence-electron chi connectivity index (χ4n) is 2.84. The molecule has 0 aliphatic rings. The van der Waals surface area contributed by atoms with Crippen molar-refractivity contribution < 1.29 is 9.53 Å². The first-order valence-corrected chi connectivity index (χ1v) is 8.94. The summed E-state index contributed by atoms with van der Waals surface area (Å²) in [6, 6.07) is 13.3. The summed E-state index contributed by atoms with van der Waals surface area (Å²) in [5, 5.41) is 3.10. The number of ether oxygens (including phenoxy) is 1. The number of nitrogens with one attached hydrogen (secondary N) is 1. The molecule has 0 unspecified atom stereocenters. The molecule has 29 heavy (non-hydrogen) atoms. The summed E-state index contributed by atoms with van der Waals surface area (Å²) in [7, 11) is 0. The lowest BCUT2D eigenvalue weighted by molar-refractivity contribution is 0.0456. The molecular formula is C20H19N7O2. The number of benzene rings is 1. The highest BCUT2D eigenvalue weighted by Crippen LogP contribution is 2.18. The van der Waals surface area contributed by atoms with E-state index in [-0.39, 0.29) is 30.0 Å². The number of pyridine rings is 1. The number of imidazole rings is 1. The van der Waals surface area contributed by atoms with E-state index in [1.807, 2.05) is 60.7 Å². The molecule has 0 radical (unpaired) electrons. The van der Waals surface area contributed by atoms with Crippen molar-refractivity contribution in [3.8, 4) is 0 Å². The van der Waals surface area contributed by atoms with Gasteiger partial charge in [-0.2, -0.15) is 15.0 Å². The summed E-state index contributed by atoms with van der Waals surface area (Å²) >= 11 is 0. The first kappa shape index (κ1) is 18.4. The van der Waals surface area contributed by atoms with Crippen molar-refractivity contribution >= 4 is 29.2 Å². The number of nitrogens with two attached hydrogens (primary N) is 1. The second kappa shape index (κ2) is 7.55. The third kappa shape index (κ3) is 3.98. The molecule has 4 aromatic rings. The maximum absolute atomic E-state index is 12.4. The summed E-state index contributed by atoms with van der Waals surface area (Å²) in [6.45, 7) is 3.74. The number of nitrogens with zero attached hydrogens (tertiary/aromatic N) is 5. The van der Waals surface area contributed by atoms with Gasteiger partial charge in [-0.25, -0.2) is 9.78 Å². The van der Waals surface area contributed by atoms with E-state index in [4.69, 9.17) is 10.5 Å². The van der Waals surface area contributed by atoms with Gasteiger partial charge in [0, 0.05) is 17.6 Å². The molecule has 146 valence electrons. The standard InChI is InChI=1S/C20H19N7O2/c1-12-6-3-4-8-14(12)23-20-25-16(24-19(21)26-20)11-29-18(28)15-10-27-13(2)7-5-9-17(27)22-15/h3-10H,11H2,1-2H3,(H3,21,23,24,25,26). The summed E-state index contributed by atoms with van der Waals surface area (Å²) in [4.78, 5) is 29.1. The van der Waals surface area contributed by atoms with Crippen LogP contribution in [0, 0.1) is 13.8 Å². The maximum Gasteiger partial charge on any atom is 0.359 e. The number of hydrogen-bond acceptors (Lipinski definition) is 8. The van der Waals surface area contributed by atoms with Gasteiger partial charge in [-0.05, 0) is 37.6 Å². The van der Waals surface area contributed by atoms with Crippen molar-refractivity contribution in [2.75, 3.05) is 11.1 Å². The lowest BCUT2D eigenvalue weighted by atomic mass is 10.2. The predicted octanol–water partition coefficient (Wildman–Crippen LogP) is 2.82. The van der Waals surface area contributed by atoms with E-state index in [9.17, 15) is 4.79 Å². The van der Waals surface area contributed by atoms with Crippen LogP contribution >= 0.6 is 0 Å². The number of esters is 1. The van der Waals surface area contributed by atoms with E-state index < -0.39 is 5.97 Å². The minimum atomic E-state index is -0.569. The van der Waals surface area contributed by atoms with Crippen molar-refractivity contribution in [1.29, 1.82) is 0 Å². The van der Waals surface area contributed by atoms with Crippen LogP contribution in [0.2, 0.25) is 0 Å². The van der Waals surface area contributed by atoms with Gasteiger partial charge in [-0.3, -0.25) is 0 Å². The molecule has 0 spiro atoms. The minimum Gasteiger partial charge on any atom is -0.453 e. The summed E-state index contributed by atoms with van der Waals surface area (Å²) < 4.78 is 7.14. The van der Waals surface area contributed by atoms with Gasteiger partial charge in [0.2, 0.25) is 11.9 Å². The number of rotatable bonds is 5.